The fourth-order valence-corrected chi connectivity index (χ4v) is 3.16. The van der Waals surface area contributed by atoms with Crippen molar-refractivity contribution in [1.29, 1.82) is 0 Å². The molecule has 0 radical (unpaired) electrons. The van der Waals surface area contributed by atoms with Crippen molar-refractivity contribution in [3.05, 3.63) is 35.6 Å². The van der Waals surface area contributed by atoms with E-state index in [1.807, 2.05) is 6.07 Å². The Morgan fingerprint density at radius 3 is 3.00 bits per heavy atom. The maximum Gasteiger partial charge on any atom is 0.123 e. The molecule has 2 rings (SSSR count). The highest BCUT2D eigenvalue weighted by molar-refractivity contribution is 5.20. The van der Waals surface area contributed by atoms with Crippen molar-refractivity contribution in [2.45, 2.75) is 39.2 Å². The summed E-state index contributed by atoms with van der Waals surface area (Å²) in [6.45, 7) is 8.88. The first kappa shape index (κ1) is 15.5. The smallest absolute Gasteiger partial charge is 0.123 e. The monoisotopic (exact) mass is 278 g/mol. The second kappa shape index (κ2) is 7.75. The molecule has 1 aromatic carbocycles. The average Bonchev–Trinajstić information content (AvgIpc) is 2.43. The summed E-state index contributed by atoms with van der Waals surface area (Å²) in [7, 11) is 0. The van der Waals surface area contributed by atoms with Crippen molar-refractivity contribution in [2.75, 3.05) is 26.2 Å². The first-order valence-electron chi connectivity index (χ1n) is 7.90. The zero-order chi connectivity index (χ0) is 14.4. The molecule has 0 amide bonds. The van der Waals surface area contributed by atoms with Crippen LogP contribution in [0.15, 0.2) is 24.3 Å². The van der Waals surface area contributed by atoms with Gasteiger partial charge in [-0.2, -0.15) is 0 Å². The standard InChI is InChI=1S/C17H27FN2/c1-3-19-17(15-7-4-8-16(18)12-15)9-11-20-10-5-6-14(2)13-20/h4,7-8,12,14,17,19H,3,5-6,9-11,13H2,1-2H3. The number of piperidine rings is 1. The van der Waals surface area contributed by atoms with E-state index in [0.717, 1.165) is 31.0 Å². The van der Waals surface area contributed by atoms with Crippen molar-refractivity contribution in [3.8, 4) is 0 Å². The van der Waals surface area contributed by atoms with Crippen LogP contribution in [0.2, 0.25) is 0 Å². The van der Waals surface area contributed by atoms with Crippen LogP contribution in [0.1, 0.15) is 44.7 Å². The Morgan fingerprint density at radius 1 is 1.45 bits per heavy atom. The highest BCUT2D eigenvalue weighted by Gasteiger charge is 2.18. The Balaban J connectivity index is 1.92. The van der Waals surface area contributed by atoms with E-state index in [-0.39, 0.29) is 11.9 Å². The minimum Gasteiger partial charge on any atom is -0.310 e. The van der Waals surface area contributed by atoms with Gasteiger partial charge in [0.25, 0.3) is 0 Å². The second-order valence-corrected chi connectivity index (χ2v) is 6.00. The number of benzene rings is 1. The van der Waals surface area contributed by atoms with E-state index in [2.05, 4.69) is 24.1 Å². The van der Waals surface area contributed by atoms with Crippen LogP contribution in [0.5, 0.6) is 0 Å². The Morgan fingerprint density at radius 2 is 2.30 bits per heavy atom. The minimum absolute atomic E-state index is 0.142. The van der Waals surface area contributed by atoms with Crippen LogP contribution in [0.25, 0.3) is 0 Å². The molecule has 2 atom stereocenters. The quantitative estimate of drug-likeness (QED) is 0.855. The molecule has 0 aromatic heterocycles. The molecule has 1 N–H and O–H groups in total. The van der Waals surface area contributed by atoms with E-state index in [1.165, 1.54) is 32.0 Å². The molecule has 0 bridgehead atoms. The lowest BCUT2D eigenvalue weighted by Crippen LogP contribution is -2.36. The van der Waals surface area contributed by atoms with E-state index in [0.29, 0.717) is 0 Å². The lowest BCUT2D eigenvalue weighted by molar-refractivity contribution is 0.176. The van der Waals surface area contributed by atoms with Gasteiger partial charge in [-0.3, -0.25) is 0 Å². The van der Waals surface area contributed by atoms with Crippen LogP contribution in [0, 0.1) is 11.7 Å². The Kier molecular flexibility index (Phi) is 5.99. The molecule has 1 aliphatic rings. The number of likely N-dealkylation sites (tertiary alicyclic amines) is 1. The number of halogens is 1. The molecule has 112 valence electrons. The van der Waals surface area contributed by atoms with E-state index >= 15 is 0 Å². The first-order valence-corrected chi connectivity index (χ1v) is 7.90. The van der Waals surface area contributed by atoms with Crippen molar-refractivity contribution in [1.82, 2.24) is 10.2 Å². The maximum absolute atomic E-state index is 13.4. The third kappa shape index (κ3) is 4.57. The molecule has 1 fully saturated rings. The van der Waals surface area contributed by atoms with E-state index in [1.54, 1.807) is 12.1 Å². The molecule has 2 unspecified atom stereocenters. The molecule has 3 heteroatoms. The Bertz CT molecular complexity index is 408. The third-order valence-electron chi connectivity index (χ3n) is 4.18. The van der Waals surface area contributed by atoms with Gasteiger partial charge in [0.2, 0.25) is 0 Å². The predicted molar refractivity (Wildman–Crippen MR) is 82.3 cm³/mol. The van der Waals surface area contributed by atoms with Crippen LogP contribution < -0.4 is 5.32 Å². The van der Waals surface area contributed by atoms with Crippen LogP contribution in [-0.2, 0) is 0 Å². The zero-order valence-electron chi connectivity index (χ0n) is 12.7. The summed E-state index contributed by atoms with van der Waals surface area (Å²) in [5, 5.41) is 3.48. The summed E-state index contributed by atoms with van der Waals surface area (Å²) in [5.41, 5.74) is 1.07. The third-order valence-corrected chi connectivity index (χ3v) is 4.18. The molecule has 1 aliphatic heterocycles. The van der Waals surface area contributed by atoms with Gasteiger partial charge in [0.15, 0.2) is 0 Å². The molecule has 0 spiro atoms. The van der Waals surface area contributed by atoms with Gasteiger partial charge in [-0.25, -0.2) is 4.39 Å². The van der Waals surface area contributed by atoms with Gasteiger partial charge in [-0.1, -0.05) is 26.0 Å². The predicted octanol–water partition coefficient (Wildman–Crippen LogP) is 3.60. The average molecular weight is 278 g/mol. The normalized spacial score (nSPS) is 21.9. The summed E-state index contributed by atoms with van der Waals surface area (Å²) in [4.78, 5) is 2.55. The lowest BCUT2D eigenvalue weighted by atomic mass is 9.98. The van der Waals surface area contributed by atoms with Gasteiger partial charge in [0.1, 0.15) is 5.82 Å². The summed E-state index contributed by atoms with van der Waals surface area (Å²) < 4.78 is 13.4. The molecule has 0 aliphatic carbocycles. The van der Waals surface area contributed by atoms with Gasteiger partial charge >= 0.3 is 0 Å². The Labute approximate surface area is 122 Å². The second-order valence-electron chi connectivity index (χ2n) is 6.00. The minimum atomic E-state index is -0.142. The van der Waals surface area contributed by atoms with Gasteiger partial charge in [-0.15, -0.1) is 0 Å². The summed E-state index contributed by atoms with van der Waals surface area (Å²) in [6.07, 6.45) is 3.72. The highest BCUT2D eigenvalue weighted by atomic mass is 19.1. The Hall–Kier alpha value is -0.930. The molecule has 1 saturated heterocycles. The number of hydrogen-bond acceptors (Lipinski definition) is 2. The number of nitrogens with one attached hydrogen (secondary N) is 1. The summed E-state index contributed by atoms with van der Waals surface area (Å²) >= 11 is 0. The maximum atomic E-state index is 13.4. The molecule has 0 saturated carbocycles. The van der Waals surface area contributed by atoms with E-state index in [4.69, 9.17) is 0 Å². The topological polar surface area (TPSA) is 15.3 Å². The number of hydrogen-bond donors (Lipinski definition) is 1. The van der Waals surface area contributed by atoms with Crippen LogP contribution in [-0.4, -0.2) is 31.1 Å². The molecule has 20 heavy (non-hydrogen) atoms. The zero-order valence-corrected chi connectivity index (χ0v) is 12.7. The van der Waals surface area contributed by atoms with Crippen LogP contribution in [0.4, 0.5) is 4.39 Å². The molecule has 2 nitrogen and oxygen atoms in total. The number of rotatable bonds is 6. The van der Waals surface area contributed by atoms with Crippen LogP contribution in [0.3, 0.4) is 0 Å². The molecular weight excluding hydrogens is 251 g/mol. The van der Waals surface area contributed by atoms with Crippen molar-refractivity contribution < 1.29 is 4.39 Å². The van der Waals surface area contributed by atoms with E-state index < -0.39 is 0 Å². The fourth-order valence-electron chi connectivity index (χ4n) is 3.16. The molecular formula is C17H27FN2. The van der Waals surface area contributed by atoms with Gasteiger partial charge in [0, 0.05) is 12.6 Å². The van der Waals surface area contributed by atoms with Crippen LogP contribution >= 0.6 is 0 Å². The lowest BCUT2D eigenvalue weighted by Gasteiger charge is -2.32. The summed E-state index contributed by atoms with van der Waals surface area (Å²) in [5.74, 6) is 0.674. The van der Waals surface area contributed by atoms with Crippen molar-refractivity contribution in [3.63, 3.8) is 0 Å². The van der Waals surface area contributed by atoms with Gasteiger partial charge < -0.3 is 10.2 Å². The summed E-state index contributed by atoms with van der Waals surface area (Å²) in [6, 6.07) is 7.26. The van der Waals surface area contributed by atoms with Crippen molar-refractivity contribution >= 4 is 0 Å². The largest absolute Gasteiger partial charge is 0.310 e. The van der Waals surface area contributed by atoms with Crippen molar-refractivity contribution in [2.24, 2.45) is 5.92 Å². The number of nitrogens with zero attached hydrogens (tertiary/aromatic N) is 1. The SMILES string of the molecule is CCNC(CCN1CCCC(C)C1)c1cccc(F)c1. The fraction of sp³-hybridized carbons (Fsp3) is 0.647. The first-order chi connectivity index (χ1) is 9.69. The molecule has 1 aromatic rings. The molecule has 1 heterocycles. The van der Waals surface area contributed by atoms with E-state index in [9.17, 15) is 4.39 Å². The van der Waals surface area contributed by atoms with Gasteiger partial charge in [-0.05, 0) is 62.5 Å². The van der Waals surface area contributed by atoms with Gasteiger partial charge in [0.05, 0.1) is 0 Å². The highest BCUT2D eigenvalue weighted by Crippen LogP contribution is 2.21.